The van der Waals surface area contributed by atoms with Gasteiger partial charge >= 0.3 is 5.97 Å². The van der Waals surface area contributed by atoms with E-state index in [0.29, 0.717) is 29.3 Å². The number of carbonyl (C=O) groups is 2. The van der Waals surface area contributed by atoms with Crippen LogP contribution in [-0.2, 0) is 9.53 Å². The first kappa shape index (κ1) is 23.4. The van der Waals surface area contributed by atoms with Gasteiger partial charge in [0, 0.05) is 43.7 Å². The molecule has 1 aliphatic carbocycles. The van der Waals surface area contributed by atoms with Crippen molar-refractivity contribution >= 4 is 40.1 Å². The predicted molar refractivity (Wildman–Crippen MR) is 127 cm³/mol. The minimum atomic E-state index is -0.680. The van der Waals surface area contributed by atoms with E-state index in [1.807, 2.05) is 23.3 Å². The molecule has 0 spiro atoms. The number of halogens is 1. The van der Waals surface area contributed by atoms with Crippen molar-refractivity contribution in [1.82, 2.24) is 9.88 Å². The summed E-state index contributed by atoms with van der Waals surface area (Å²) >= 11 is 6.87. The molecule has 1 aromatic carbocycles. The number of hydrogen-bond acceptors (Lipinski definition) is 6. The molecule has 2 N–H and O–H groups in total. The Kier molecular flexibility index (Phi) is 6.07. The number of amides is 1. The third-order valence-electron chi connectivity index (χ3n) is 6.67. The van der Waals surface area contributed by atoms with Gasteiger partial charge in [0.2, 0.25) is 11.3 Å². The SMILES string of the molecule is CCOC(=O)c1cn(C2CC2)c2c(Cl)c(N3CC[C@H](C(C)(C)NC(C)=O)C3)c(O)cc2c1=O. The summed E-state index contributed by atoms with van der Waals surface area (Å²) in [5.41, 5.74) is 0.0231. The van der Waals surface area contributed by atoms with Gasteiger partial charge in [-0.25, -0.2) is 4.79 Å². The molecule has 178 valence electrons. The van der Waals surface area contributed by atoms with Crippen molar-refractivity contribution in [3.63, 3.8) is 0 Å². The quantitative estimate of drug-likeness (QED) is 0.619. The van der Waals surface area contributed by atoms with Gasteiger partial charge in [-0.15, -0.1) is 0 Å². The third-order valence-corrected chi connectivity index (χ3v) is 7.03. The van der Waals surface area contributed by atoms with E-state index < -0.39 is 16.9 Å². The van der Waals surface area contributed by atoms with Gasteiger partial charge in [-0.05, 0) is 46.1 Å². The summed E-state index contributed by atoms with van der Waals surface area (Å²) in [7, 11) is 0. The Bertz CT molecular complexity index is 1190. The predicted octanol–water partition coefficient (Wildman–Crippen LogP) is 3.61. The molecule has 2 aromatic rings. The Hall–Kier alpha value is -2.74. The number of anilines is 1. The Morgan fingerprint density at radius 2 is 2.00 bits per heavy atom. The molecule has 9 heteroatoms. The largest absolute Gasteiger partial charge is 0.506 e. The summed E-state index contributed by atoms with van der Waals surface area (Å²) in [6.45, 7) is 8.58. The van der Waals surface area contributed by atoms with E-state index in [0.717, 1.165) is 19.3 Å². The summed E-state index contributed by atoms with van der Waals surface area (Å²) in [4.78, 5) is 39.1. The molecule has 1 aromatic heterocycles. The molecule has 2 fully saturated rings. The van der Waals surface area contributed by atoms with Crippen molar-refractivity contribution in [2.24, 2.45) is 5.92 Å². The Labute approximate surface area is 197 Å². The molecule has 1 amide bonds. The van der Waals surface area contributed by atoms with E-state index in [4.69, 9.17) is 16.3 Å². The maximum Gasteiger partial charge on any atom is 0.343 e. The zero-order valence-corrected chi connectivity index (χ0v) is 20.2. The second-order valence-electron chi connectivity index (χ2n) is 9.52. The van der Waals surface area contributed by atoms with Crippen LogP contribution in [0.15, 0.2) is 17.1 Å². The number of nitrogens with zero attached hydrogens (tertiary/aromatic N) is 2. The lowest BCUT2D eigenvalue weighted by molar-refractivity contribution is -0.121. The lowest BCUT2D eigenvalue weighted by Crippen LogP contribution is -2.49. The highest BCUT2D eigenvalue weighted by molar-refractivity contribution is 6.38. The number of nitrogens with one attached hydrogen (secondary N) is 1. The van der Waals surface area contributed by atoms with Crippen molar-refractivity contribution < 1.29 is 19.4 Å². The number of aromatic hydroxyl groups is 1. The molecule has 1 atom stereocenters. The molecule has 0 unspecified atom stereocenters. The van der Waals surface area contributed by atoms with Gasteiger partial charge in [0.15, 0.2) is 0 Å². The fourth-order valence-electron chi connectivity index (χ4n) is 4.85. The number of phenolic OH excluding ortho intramolecular Hbond substituents is 1. The van der Waals surface area contributed by atoms with Crippen LogP contribution in [-0.4, -0.2) is 46.8 Å². The highest BCUT2D eigenvalue weighted by Crippen LogP contribution is 2.46. The second kappa shape index (κ2) is 8.56. The molecule has 0 bridgehead atoms. The van der Waals surface area contributed by atoms with Crippen molar-refractivity contribution in [3.05, 3.63) is 33.1 Å². The van der Waals surface area contributed by atoms with Gasteiger partial charge in [-0.1, -0.05) is 11.6 Å². The Morgan fingerprint density at radius 3 is 2.61 bits per heavy atom. The van der Waals surface area contributed by atoms with E-state index in [1.165, 1.54) is 13.0 Å². The lowest BCUT2D eigenvalue weighted by Gasteiger charge is -2.33. The average molecular weight is 476 g/mol. The molecule has 1 aliphatic heterocycles. The number of fused-ring (bicyclic) bond motifs is 1. The van der Waals surface area contributed by atoms with Gasteiger partial charge < -0.3 is 24.6 Å². The lowest BCUT2D eigenvalue weighted by atomic mass is 9.86. The van der Waals surface area contributed by atoms with Crippen molar-refractivity contribution in [2.75, 3.05) is 24.6 Å². The van der Waals surface area contributed by atoms with E-state index in [9.17, 15) is 19.5 Å². The van der Waals surface area contributed by atoms with Gasteiger partial charge in [-0.3, -0.25) is 9.59 Å². The summed E-state index contributed by atoms with van der Waals surface area (Å²) < 4.78 is 6.94. The minimum Gasteiger partial charge on any atom is -0.506 e. The molecular weight excluding hydrogens is 446 g/mol. The first-order chi connectivity index (χ1) is 15.5. The van der Waals surface area contributed by atoms with Crippen molar-refractivity contribution in [1.29, 1.82) is 0 Å². The van der Waals surface area contributed by atoms with Crippen LogP contribution in [0.25, 0.3) is 10.9 Å². The number of hydrogen-bond donors (Lipinski definition) is 2. The number of esters is 1. The number of benzene rings is 1. The van der Waals surface area contributed by atoms with Gasteiger partial charge in [0.1, 0.15) is 17.0 Å². The number of carbonyl (C=O) groups excluding carboxylic acids is 2. The number of rotatable bonds is 6. The van der Waals surface area contributed by atoms with E-state index in [-0.39, 0.29) is 41.2 Å². The van der Waals surface area contributed by atoms with Crippen LogP contribution < -0.4 is 15.6 Å². The first-order valence-electron chi connectivity index (χ1n) is 11.4. The number of ether oxygens (including phenoxy) is 1. The summed E-state index contributed by atoms with van der Waals surface area (Å²) in [5, 5.41) is 14.4. The minimum absolute atomic E-state index is 0.0576. The van der Waals surface area contributed by atoms with Crippen molar-refractivity contribution in [2.45, 2.75) is 58.5 Å². The van der Waals surface area contributed by atoms with Crippen molar-refractivity contribution in [3.8, 4) is 5.75 Å². The number of phenols is 1. The van der Waals surface area contributed by atoms with Crippen LogP contribution in [0.4, 0.5) is 5.69 Å². The Morgan fingerprint density at radius 1 is 1.30 bits per heavy atom. The molecule has 8 nitrogen and oxygen atoms in total. The summed E-state index contributed by atoms with van der Waals surface area (Å²) in [6.07, 6.45) is 4.20. The Balaban J connectivity index is 1.80. The fraction of sp³-hybridized carbons (Fsp3) is 0.542. The molecule has 2 heterocycles. The maximum absolute atomic E-state index is 13.1. The van der Waals surface area contributed by atoms with Crippen LogP contribution in [0.3, 0.4) is 0 Å². The van der Waals surface area contributed by atoms with E-state index >= 15 is 0 Å². The zero-order chi connectivity index (χ0) is 24.1. The summed E-state index contributed by atoms with van der Waals surface area (Å²) in [6, 6.07) is 1.55. The van der Waals surface area contributed by atoms with E-state index in [2.05, 4.69) is 5.32 Å². The van der Waals surface area contributed by atoms with Crippen LogP contribution >= 0.6 is 11.6 Å². The van der Waals surface area contributed by atoms with Crippen LogP contribution in [0.2, 0.25) is 5.02 Å². The first-order valence-corrected chi connectivity index (χ1v) is 11.7. The smallest absolute Gasteiger partial charge is 0.343 e. The normalized spacial score (nSPS) is 18.6. The molecular formula is C24H30ClN3O5. The van der Waals surface area contributed by atoms with Crippen LogP contribution in [0.5, 0.6) is 5.75 Å². The maximum atomic E-state index is 13.1. The fourth-order valence-corrected chi connectivity index (χ4v) is 5.27. The second-order valence-corrected chi connectivity index (χ2v) is 9.90. The molecule has 1 saturated carbocycles. The molecule has 33 heavy (non-hydrogen) atoms. The van der Waals surface area contributed by atoms with Crippen LogP contribution in [0, 0.1) is 5.92 Å². The monoisotopic (exact) mass is 475 g/mol. The zero-order valence-electron chi connectivity index (χ0n) is 19.4. The van der Waals surface area contributed by atoms with Gasteiger partial charge in [0.25, 0.3) is 0 Å². The van der Waals surface area contributed by atoms with E-state index in [1.54, 1.807) is 13.1 Å². The van der Waals surface area contributed by atoms with Gasteiger partial charge in [0.05, 0.1) is 22.5 Å². The third kappa shape index (κ3) is 4.28. The molecule has 4 rings (SSSR count). The number of aromatic nitrogens is 1. The van der Waals surface area contributed by atoms with Crippen LogP contribution in [0.1, 0.15) is 63.4 Å². The summed E-state index contributed by atoms with van der Waals surface area (Å²) in [5.74, 6) is -0.715. The standard InChI is InChI=1S/C24H30ClN3O5/c1-5-33-23(32)17-12-28(15-6-7-15)20-16(22(17)31)10-18(30)21(19(20)25)27-9-8-14(11-27)24(3,4)26-13(2)29/h10,12,14-15,30H,5-9,11H2,1-4H3,(H,26,29)/t14-/m0/s1. The van der Waals surface area contributed by atoms with Gasteiger partial charge in [-0.2, -0.15) is 0 Å². The topological polar surface area (TPSA) is 101 Å². The highest BCUT2D eigenvalue weighted by atomic mass is 35.5. The average Bonchev–Trinajstić information content (AvgIpc) is 3.44. The molecule has 2 aliphatic rings. The molecule has 1 saturated heterocycles. The molecule has 0 radical (unpaired) electrons. The highest BCUT2D eigenvalue weighted by Gasteiger charge is 2.38. The number of pyridine rings is 1.